The van der Waals surface area contributed by atoms with E-state index in [0.29, 0.717) is 22.3 Å². The van der Waals surface area contributed by atoms with Crippen molar-refractivity contribution in [1.82, 2.24) is 9.80 Å². The molecule has 1 aliphatic rings. The third-order valence-electron chi connectivity index (χ3n) is 7.33. The smallest absolute Gasteiger partial charge is 0.324 e. The number of urea groups is 1. The van der Waals surface area contributed by atoms with Crippen molar-refractivity contribution in [2.45, 2.75) is 17.2 Å². The first-order valence-corrected chi connectivity index (χ1v) is 12.4. The molecule has 6 heteroatoms. The van der Waals surface area contributed by atoms with Crippen molar-refractivity contribution in [3.63, 3.8) is 0 Å². The molecule has 192 valence electrons. The molecule has 4 aromatic carbocycles. The van der Waals surface area contributed by atoms with Crippen molar-refractivity contribution in [2.75, 3.05) is 14.1 Å². The second-order valence-corrected chi connectivity index (χ2v) is 9.49. The number of aliphatic hydroxyl groups is 2. The van der Waals surface area contributed by atoms with Gasteiger partial charge in [-0.1, -0.05) is 121 Å². The van der Waals surface area contributed by atoms with Gasteiger partial charge in [0.1, 0.15) is 17.5 Å². The average Bonchev–Trinajstić information content (AvgIpc) is 2.97. The van der Waals surface area contributed by atoms with Crippen molar-refractivity contribution < 1.29 is 19.4 Å². The molecule has 1 heterocycles. The lowest BCUT2D eigenvalue weighted by Gasteiger charge is -2.49. The molecule has 0 aromatic heterocycles. The van der Waals surface area contributed by atoms with Crippen LogP contribution < -0.4 is 0 Å². The van der Waals surface area contributed by atoms with Gasteiger partial charge in [0.05, 0.1) is 5.70 Å². The van der Waals surface area contributed by atoms with Gasteiger partial charge in [-0.2, -0.15) is 0 Å². The summed E-state index contributed by atoms with van der Waals surface area (Å²) in [4.78, 5) is 16.1. The molecule has 38 heavy (non-hydrogen) atoms. The molecule has 1 aliphatic heterocycles. The van der Waals surface area contributed by atoms with Crippen LogP contribution in [0, 0.1) is 0 Å². The summed E-state index contributed by atoms with van der Waals surface area (Å²) in [5.74, 6) is -0.819. The van der Waals surface area contributed by atoms with Crippen LogP contribution in [0.1, 0.15) is 22.3 Å². The van der Waals surface area contributed by atoms with Crippen molar-refractivity contribution >= 4 is 6.03 Å². The van der Waals surface area contributed by atoms with Crippen LogP contribution in [0.4, 0.5) is 9.18 Å². The molecule has 1 unspecified atom stereocenters. The van der Waals surface area contributed by atoms with Crippen LogP contribution in [0.25, 0.3) is 0 Å². The van der Waals surface area contributed by atoms with Gasteiger partial charge in [-0.25, -0.2) is 9.18 Å². The lowest BCUT2D eigenvalue weighted by atomic mass is 9.75. The number of hydrogen-bond donors (Lipinski definition) is 2. The van der Waals surface area contributed by atoms with E-state index >= 15 is 4.39 Å². The van der Waals surface area contributed by atoms with E-state index in [-0.39, 0.29) is 5.70 Å². The molecule has 0 bridgehead atoms. The summed E-state index contributed by atoms with van der Waals surface area (Å²) in [5, 5.41) is 24.9. The fraction of sp³-hybridized carbons (Fsp3) is 0.156. The topological polar surface area (TPSA) is 64.0 Å². The molecule has 1 atom stereocenters. The number of hydrogen-bond acceptors (Lipinski definition) is 3. The van der Waals surface area contributed by atoms with Gasteiger partial charge in [-0.3, -0.25) is 4.90 Å². The summed E-state index contributed by atoms with van der Waals surface area (Å²) >= 11 is 0. The number of rotatable bonds is 6. The van der Waals surface area contributed by atoms with Gasteiger partial charge < -0.3 is 15.1 Å². The third kappa shape index (κ3) is 3.90. The van der Waals surface area contributed by atoms with Crippen LogP contribution >= 0.6 is 0 Å². The first-order chi connectivity index (χ1) is 18.3. The molecule has 0 aliphatic carbocycles. The zero-order valence-corrected chi connectivity index (χ0v) is 21.2. The summed E-state index contributed by atoms with van der Waals surface area (Å²) < 4.78 is 17.2. The molecule has 0 saturated heterocycles. The molecule has 0 saturated carbocycles. The minimum absolute atomic E-state index is 0.242. The second kappa shape index (κ2) is 9.89. The van der Waals surface area contributed by atoms with Crippen LogP contribution in [0.3, 0.4) is 0 Å². The van der Waals surface area contributed by atoms with Crippen molar-refractivity contribution in [3.05, 3.63) is 155 Å². The lowest BCUT2D eigenvalue weighted by molar-refractivity contribution is -0.0127. The molecular formula is C32H29FN2O3. The van der Waals surface area contributed by atoms with E-state index in [2.05, 4.69) is 0 Å². The highest BCUT2D eigenvalue weighted by atomic mass is 19.1. The zero-order chi connectivity index (χ0) is 26.9. The highest BCUT2D eigenvalue weighted by molar-refractivity contribution is 5.80. The maximum atomic E-state index is 17.2. The van der Waals surface area contributed by atoms with E-state index in [0.717, 1.165) is 4.90 Å². The fourth-order valence-electron chi connectivity index (χ4n) is 5.45. The summed E-state index contributed by atoms with van der Waals surface area (Å²) in [7, 11) is 2.89. The van der Waals surface area contributed by atoms with Gasteiger partial charge in [-0.15, -0.1) is 0 Å². The van der Waals surface area contributed by atoms with Crippen LogP contribution in [0.15, 0.2) is 133 Å². The van der Waals surface area contributed by atoms with Crippen molar-refractivity contribution in [1.29, 1.82) is 0 Å². The number of carbonyl (C=O) groups excluding carboxylic acids is 1. The number of carbonyl (C=O) groups is 1. The van der Waals surface area contributed by atoms with Crippen LogP contribution in [0.2, 0.25) is 0 Å². The number of likely N-dealkylation sites (N-methyl/N-ethyl adjacent to an activating group) is 2. The SMILES string of the molecule is CN1C(=O)N(C)C(C(O)(c2ccccc2)c2ccccc2)C(F)=C1C(O)(c1ccccc1)c1ccccc1. The molecule has 4 aromatic rings. The Bertz CT molecular complexity index is 1360. The summed E-state index contributed by atoms with van der Waals surface area (Å²) in [6.45, 7) is 0. The van der Waals surface area contributed by atoms with Crippen molar-refractivity contribution in [3.8, 4) is 0 Å². The minimum atomic E-state index is -2.02. The normalized spacial score (nSPS) is 16.7. The molecule has 0 spiro atoms. The van der Waals surface area contributed by atoms with E-state index in [4.69, 9.17) is 0 Å². The Kier molecular flexibility index (Phi) is 6.61. The van der Waals surface area contributed by atoms with Gasteiger partial charge in [0.25, 0.3) is 0 Å². The lowest BCUT2D eigenvalue weighted by Crippen LogP contribution is -2.60. The molecule has 5 rings (SSSR count). The van der Waals surface area contributed by atoms with Gasteiger partial charge in [-0.05, 0) is 22.3 Å². The van der Waals surface area contributed by atoms with Gasteiger partial charge >= 0.3 is 6.03 Å². The Morgan fingerprint density at radius 3 is 1.34 bits per heavy atom. The summed E-state index contributed by atoms with van der Waals surface area (Å²) in [5.41, 5.74) is -2.61. The largest absolute Gasteiger partial charge is 0.378 e. The van der Waals surface area contributed by atoms with Gasteiger partial charge in [0.15, 0.2) is 5.60 Å². The summed E-state index contributed by atoms with van der Waals surface area (Å²) in [6.07, 6.45) is 0. The zero-order valence-electron chi connectivity index (χ0n) is 21.2. The molecule has 0 radical (unpaired) electrons. The molecule has 5 nitrogen and oxygen atoms in total. The Labute approximate surface area is 221 Å². The monoisotopic (exact) mass is 508 g/mol. The van der Waals surface area contributed by atoms with Gasteiger partial charge in [0.2, 0.25) is 0 Å². The van der Waals surface area contributed by atoms with Crippen LogP contribution in [-0.2, 0) is 11.2 Å². The van der Waals surface area contributed by atoms with E-state index in [9.17, 15) is 15.0 Å². The van der Waals surface area contributed by atoms with E-state index in [1.54, 1.807) is 121 Å². The number of benzene rings is 4. The predicted octanol–water partition coefficient (Wildman–Crippen LogP) is 5.41. The quantitative estimate of drug-likeness (QED) is 0.366. The van der Waals surface area contributed by atoms with Gasteiger partial charge in [0, 0.05) is 14.1 Å². The fourth-order valence-corrected chi connectivity index (χ4v) is 5.45. The average molecular weight is 509 g/mol. The number of nitrogens with zero attached hydrogens (tertiary/aromatic N) is 2. The standard InChI is InChI=1S/C32H29FN2O3/c1-34-28(31(37,23-15-7-3-8-16-23)24-17-9-4-10-18-24)27(33)29(35(2)30(34)36)32(38,25-19-11-5-12-20-25)26-21-13-6-14-22-26/h3-22,28,37-38H,1-2H3. The van der Waals surface area contributed by atoms with Crippen LogP contribution in [-0.4, -0.2) is 46.2 Å². The van der Waals surface area contributed by atoms with E-state index in [1.807, 2.05) is 0 Å². The van der Waals surface area contributed by atoms with Crippen molar-refractivity contribution in [2.24, 2.45) is 0 Å². The Morgan fingerprint density at radius 1 is 0.632 bits per heavy atom. The van der Waals surface area contributed by atoms with E-state index in [1.165, 1.54) is 19.0 Å². The molecule has 2 N–H and O–H groups in total. The molecule has 2 amide bonds. The molecular weight excluding hydrogens is 479 g/mol. The highest BCUT2D eigenvalue weighted by Gasteiger charge is 2.55. The van der Waals surface area contributed by atoms with E-state index < -0.39 is 29.1 Å². The maximum absolute atomic E-state index is 17.2. The Morgan fingerprint density at radius 2 is 0.974 bits per heavy atom. The number of halogens is 1. The first kappa shape index (κ1) is 25.4. The van der Waals surface area contributed by atoms with Crippen LogP contribution in [0.5, 0.6) is 0 Å². The third-order valence-corrected chi connectivity index (χ3v) is 7.33. The molecule has 0 fully saturated rings. The Hall–Kier alpha value is -4.26. The second-order valence-electron chi connectivity index (χ2n) is 9.49. The predicted molar refractivity (Wildman–Crippen MR) is 145 cm³/mol. The minimum Gasteiger partial charge on any atom is -0.378 e. The Balaban J connectivity index is 1.84. The highest BCUT2D eigenvalue weighted by Crippen LogP contribution is 2.48. The number of amides is 2. The first-order valence-electron chi connectivity index (χ1n) is 12.4. The summed E-state index contributed by atoms with van der Waals surface area (Å²) in [6, 6.07) is 32.8. The maximum Gasteiger partial charge on any atom is 0.324 e.